The fraction of sp³-hybridized carbons (Fsp3) is 0.692. The molecule has 2 aromatic rings. The first-order valence-corrected chi connectivity index (χ1v) is 18.0. The van der Waals surface area contributed by atoms with E-state index in [1.165, 1.54) is 0 Å². The second-order valence-electron chi connectivity index (χ2n) is 12.4. The quantitative estimate of drug-likeness (QED) is 0.311. The highest BCUT2D eigenvalue weighted by atomic mass is 28.4. The van der Waals surface area contributed by atoms with Gasteiger partial charge in [-0.3, -0.25) is 0 Å². The summed E-state index contributed by atoms with van der Waals surface area (Å²) in [6.07, 6.45) is 1.21. The maximum atomic E-state index is 11.0. The largest absolute Gasteiger partial charge is 0.467 e. The zero-order valence-electron chi connectivity index (χ0n) is 22.7. The Morgan fingerprint density at radius 2 is 1.03 bits per heavy atom. The predicted molar refractivity (Wildman–Crippen MR) is 141 cm³/mol. The second kappa shape index (κ2) is 10.8. The Balaban J connectivity index is 2.45. The number of rotatable bonds is 11. The summed E-state index contributed by atoms with van der Waals surface area (Å²) in [5.41, 5.74) is 0. The highest BCUT2D eigenvalue weighted by Crippen LogP contribution is 2.43. The average molecular weight is 511 g/mol. The van der Waals surface area contributed by atoms with E-state index in [9.17, 15) is 10.2 Å². The first-order chi connectivity index (χ1) is 15.4. The maximum absolute atomic E-state index is 11.0. The molecule has 2 rings (SSSR count). The third-order valence-electron chi connectivity index (χ3n) is 7.57. The van der Waals surface area contributed by atoms with Crippen LogP contribution in [-0.4, -0.2) is 39.1 Å². The summed E-state index contributed by atoms with van der Waals surface area (Å²) in [6.45, 7) is 22.0. The van der Waals surface area contributed by atoms with Gasteiger partial charge < -0.3 is 27.9 Å². The van der Waals surface area contributed by atoms with Crippen molar-refractivity contribution in [2.45, 2.75) is 115 Å². The van der Waals surface area contributed by atoms with E-state index in [0.717, 1.165) is 0 Å². The molecule has 0 saturated carbocycles. The predicted octanol–water partition coefficient (Wildman–Crippen LogP) is 7.20. The van der Waals surface area contributed by atoms with E-state index in [1.54, 1.807) is 36.8 Å². The molecule has 194 valence electrons. The number of hydrogen-bond donors (Lipinski definition) is 2. The van der Waals surface area contributed by atoms with Crippen LogP contribution in [0.1, 0.15) is 78.1 Å². The van der Waals surface area contributed by atoms with Gasteiger partial charge in [-0.25, -0.2) is 0 Å². The van der Waals surface area contributed by atoms with E-state index in [4.69, 9.17) is 17.7 Å². The Bertz CT molecular complexity index is 775. The summed E-state index contributed by atoms with van der Waals surface area (Å²) in [5, 5.41) is 22.0. The Labute approximate surface area is 207 Å². The minimum atomic E-state index is -2.23. The summed E-state index contributed by atoms with van der Waals surface area (Å²) in [7, 11) is -4.46. The monoisotopic (exact) mass is 510 g/mol. The Kier molecular flexibility index (Phi) is 9.27. The van der Waals surface area contributed by atoms with Crippen molar-refractivity contribution in [2.75, 3.05) is 0 Å². The van der Waals surface area contributed by atoms with Crippen LogP contribution in [0.4, 0.5) is 0 Å². The Morgan fingerprint density at radius 3 is 1.26 bits per heavy atom. The normalized spacial score (nSPS) is 17.4. The van der Waals surface area contributed by atoms with Crippen molar-refractivity contribution < 1.29 is 27.9 Å². The van der Waals surface area contributed by atoms with Gasteiger partial charge in [-0.2, -0.15) is 0 Å². The molecule has 0 aliphatic heterocycles. The molecule has 0 saturated heterocycles. The SMILES string of the molecule is CC(C)(C)[Si](C)(C)O[C@@H](C[C@@H](O)c1ccco1)[C@H](C[C@@H](O)c1ccco1)O[Si](C)(C)C(C)(C)C. The molecule has 0 radical (unpaired) electrons. The third-order valence-corrected chi connectivity index (χ3v) is 16.6. The van der Waals surface area contributed by atoms with Gasteiger partial charge in [0.15, 0.2) is 16.6 Å². The Hall–Kier alpha value is -1.17. The van der Waals surface area contributed by atoms with Gasteiger partial charge in [-0.15, -0.1) is 0 Å². The van der Waals surface area contributed by atoms with Crippen molar-refractivity contribution in [3.05, 3.63) is 48.3 Å². The molecule has 0 spiro atoms. The molecule has 6 nitrogen and oxygen atoms in total. The molecule has 34 heavy (non-hydrogen) atoms. The maximum Gasteiger partial charge on any atom is 0.192 e. The molecule has 0 amide bonds. The molecule has 0 fully saturated rings. The van der Waals surface area contributed by atoms with Gasteiger partial charge in [0.2, 0.25) is 0 Å². The van der Waals surface area contributed by atoms with Crippen molar-refractivity contribution in [2.24, 2.45) is 0 Å². The molecule has 0 bridgehead atoms. The standard InChI is InChI=1S/C26H46O6Si2/c1-25(2,3)33(7,8)31-23(17-19(27)21-13-11-15-29-21)24(32-34(9,10)26(4,5)6)18-20(28)22-14-12-16-30-22/h11-16,19-20,23-24,27-28H,17-18H2,1-10H3/t19-,20-,23+,24+/m1/s1. The summed E-state index contributed by atoms with van der Waals surface area (Å²) < 4.78 is 24.8. The van der Waals surface area contributed by atoms with Crippen molar-refractivity contribution in [1.82, 2.24) is 0 Å². The summed E-state index contributed by atoms with van der Waals surface area (Å²) in [6, 6.07) is 7.09. The lowest BCUT2D eigenvalue weighted by Gasteiger charge is -2.45. The average Bonchev–Trinajstić information content (AvgIpc) is 3.38. The van der Waals surface area contributed by atoms with Crippen molar-refractivity contribution in [3.63, 3.8) is 0 Å². The first kappa shape index (κ1) is 29.1. The lowest BCUT2D eigenvalue weighted by atomic mass is 9.99. The fourth-order valence-electron chi connectivity index (χ4n) is 3.30. The number of furan rings is 2. The summed E-state index contributed by atoms with van der Waals surface area (Å²) in [4.78, 5) is 0. The number of aliphatic hydroxyl groups excluding tert-OH is 2. The Morgan fingerprint density at radius 1 is 0.706 bits per heavy atom. The molecule has 8 heteroatoms. The third kappa shape index (κ3) is 7.42. The molecule has 4 atom stereocenters. The second-order valence-corrected chi connectivity index (χ2v) is 21.9. The zero-order chi connectivity index (χ0) is 25.9. The van der Waals surface area contributed by atoms with Crippen molar-refractivity contribution in [3.8, 4) is 0 Å². The van der Waals surface area contributed by atoms with Crippen LogP contribution >= 0.6 is 0 Å². The fourth-order valence-corrected chi connectivity index (χ4v) is 6.01. The van der Waals surface area contributed by atoms with Gasteiger partial charge in [0.05, 0.1) is 24.7 Å². The van der Waals surface area contributed by atoms with Crippen LogP contribution in [0.25, 0.3) is 0 Å². The van der Waals surface area contributed by atoms with Crippen LogP contribution in [0.15, 0.2) is 45.6 Å². The molecular weight excluding hydrogens is 464 g/mol. The lowest BCUT2D eigenvalue weighted by Crippen LogP contribution is -2.52. The molecule has 0 unspecified atom stereocenters. The summed E-state index contributed by atoms with van der Waals surface area (Å²) in [5.74, 6) is 1.00. The topological polar surface area (TPSA) is 85.2 Å². The molecule has 0 aliphatic rings. The van der Waals surface area contributed by atoms with Crippen molar-refractivity contribution in [1.29, 1.82) is 0 Å². The van der Waals surface area contributed by atoms with Crippen LogP contribution < -0.4 is 0 Å². The highest BCUT2D eigenvalue weighted by Gasteiger charge is 2.45. The smallest absolute Gasteiger partial charge is 0.192 e. The van der Waals surface area contributed by atoms with Gasteiger partial charge in [-0.05, 0) is 60.5 Å². The van der Waals surface area contributed by atoms with E-state index < -0.39 is 41.1 Å². The van der Waals surface area contributed by atoms with E-state index in [-0.39, 0.29) is 10.1 Å². The molecule has 2 aromatic heterocycles. The van der Waals surface area contributed by atoms with Crippen LogP contribution in [0.3, 0.4) is 0 Å². The molecule has 0 aromatic carbocycles. The number of aliphatic hydroxyl groups is 2. The molecule has 2 heterocycles. The van der Waals surface area contributed by atoms with Crippen LogP contribution in [0, 0.1) is 0 Å². The molecular formula is C26H46O6Si2. The van der Waals surface area contributed by atoms with Gasteiger partial charge in [0.1, 0.15) is 23.7 Å². The van der Waals surface area contributed by atoms with Gasteiger partial charge in [0, 0.05) is 12.8 Å². The van der Waals surface area contributed by atoms with Crippen LogP contribution in [-0.2, 0) is 8.85 Å². The molecule has 2 N–H and O–H groups in total. The van der Waals surface area contributed by atoms with Gasteiger partial charge >= 0.3 is 0 Å². The minimum absolute atomic E-state index is 0.0258. The lowest BCUT2D eigenvalue weighted by molar-refractivity contribution is -0.0278. The van der Waals surface area contributed by atoms with E-state index >= 15 is 0 Å². The summed E-state index contributed by atoms with van der Waals surface area (Å²) >= 11 is 0. The van der Waals surface area contributed by atoms with Gasteiger partial charge in [-0.1, -0.05) is 41.5 Å². The van der Waals surface area contributed by atoms with Gasteiger partial charge in [0.25, 0.3) is 0 Å². The zero-order valence-corrected chi connectivity index (χ0v) is 24.7. The van der Waals surface area contributed by atoms with E-state index in [0.29, 0.717) is 24.4 Å². The highest BCUT2D eigenvalue weighted by molar-refractivity contribution is 6.74. The minimum Gasteiger partial charge on any atom is -0.467 e. The van der Waals surface area contributed by atoms with Crippen LogP contribution in [0.2, 0.25) is 36.3 Å². The van der Waals surface area contributed by atoms with Crippen LogP contribution in [0.5, 0.6) is 0 Å². The van der Waals surface area contributed by atoms with E-state index in [2.05, 4.69) is 67.7 Å². The molecule has 0 aliphatic carbocycles. The van der Waals surface area contributed by atoms with E-state index in [1.807, 2.05) is 0 Å². The van der Waals surface area contributed by atoms with Crippen molar-refractivity contribution >= 4 is 16.6 Å². The number of hydrogen-bond acceptors (Lipinski definition) is 6. The first-order valence-electron chi connectivity index (χ1n) is 12.2.